The number of halogens is 1. The van der Waals surface area contributed by atoms with Crippen LogP contribution in [0, 0.1) is 13.8 Å². The van der Waals surface area contributed by atoms with Crippen LogP contribution in [0.25, 0.3) is 17.0 Å². The maximum absolute atomic E-state index is 8.06. The summed E-state index contributed by atoms with van der Waals surface area (Å²) in [6, 6.07) is 14.3. The highest BCUT2D eigenvalue weighted by Gasteiger charge is 2.06. The van der Waals surface area contributed by atoms with Crippen molar-refractivity contribution in [3.8, 4) is 11.3 Å². The Balaban J connectivity index is 0.000000890. The molecule has 0 aliphatic rings. The van der Waals surface area contributed by atoms with Crippen LogP contribution in [0.1, 0.15) is 30.7 Å². The van der Waals surface area contributed by atoms with Crippen LogP contribution in [-0.2, 0) is 0 Å². The van der Waals surface area contributed by atoms with Gasteiger partial charge in [-0.15, -0.1) is 0 Å². The predicted molar refractivity (Wildman–Crippen MR) is 142 cm³/mol. The van der Waals surface area contributed by atoms with E-state index in [2.05, 4.69) is 79.3 Å². The molecule has 3 rings (SSSR count). The van der Waals surface area contributed by atoms with Crippen molar-refractivity contribution in [1.82, 2.24) is 20.3 Å². The summed E-state index contributed by atoms with van der Waals surface area (Å²) in [6.45, 7) is 11.5. The highest BCUT2D eigenvalue weighted by molar-refractivity contribution is 9.10. The van der Waals surface area contributed by atoms with Gasteiger partial charge in [-0.1, -0.05) is 52.3 Å². The van der Waals surface area contributed by atoms with Crippen LogP contribution in [0.4, 0.5) is 11.5 Å². The Morgan fingerprint density at radius 3 is 2.30 bits per heavy atom. The highest BCUT2D eigenvalue weighted by atomic mass is 79.9. The number of hydrogen-bond donors (Lipinski definition) is 4. The van der Waals surface area contributed by atoms with Crippen molar-refractivity contribution < 1.29 is 5.11 Å². The molecule has 0 fully saturated rings. The van der Waals surface area contributed by atoms with Gasteiger partial charge in [0.05, 0.1) is 11.4 Å². The molecular formula is C26H32BrN5O. The van der Waals surface area contributed by atoms with Gasteiger partial charge in [0.25, 0.3) is 0 Å². The minimum absolute atomic E-state index is 0.167. The SMILES string of the molecule is C=C(NC)c1ccc(Nc2nccnc(-c3ccc(C)cc3)c[nH]c2C)cc1Br.CC(C)O. The standard InChI is InChI=1S/C23H24BrN5.C3H8O/c1-15-5-7-18(8-6-15)22-14-28-17(3)23(27-12-11-26-22)29-19-9-10-20(16(2)25-4)21(24)13-19;1-3(2)4/h5-14,25,28-29H,2H2,1,3-4H3;3-4H,1-2H3. The van der Waals surface area contributed by atoms with E-state index in [0.29, 0.717) is 5.82 Å². The summed E-state index contributed by atoms with van der Waals surface area (Å²) in [7, 11) is 1.85. The van der Waals surface area contributed by atoms with Gasteiger partial charge in [0, 0.05) is 58.7 Å². The van der Waals surface area contributed by atoms with E-state index in [4.69, 9.17) is 5.11 Å². The summed E-state index contributed by atoms with van der Waals surface area (Å²) in [5.74, 6) is 0.713. The van der Waals surface area contributed by atoms with E-state index < -0.39 is 0 Å². The molecule has 0 bridgehead atoms. The van der Waals surface area contributed by atoms with Crippen LogP contribution in [0.3, 0.4) is 0 Å². The van der Waals surface area contributed by atoms with Gasteiger partial charge < -0.3 is 20.7 Å². The number of aryl methyl sites for hydroxylation is 2. The molecule has 0 spiro atoms. The summed E-state index contributed by atoms with van der Waals surface area (Å²) in [5, 5.41) is 14.5. The fourth-order valence-electron chi connectivity index (χ4n) is 2.72. The van der Waals surface area contributed by atoms with Crippen molar-refractivity contribution in [2.24, 2.45) is 0 Å². The highest BCUT2D eigenvalue weighted by Crippen LogP contribution is 2.27. The molecule has 3 aromatic rings. The number of benzene rings is 2. The Bertz CT molecular complexity index is 1120. The molecule has 33 heavy (non-hydrogen) atoms. The lowest BCUT2D eigenvalue weighted by Crippen LogP contribution is -2.04. The monoisotopic (exact) mass is 509 g/mol. The molecule has 174 valence electrons. The number of aromatic nitrogens is 3. The van der Waals surface area contributed by atoms with Crippen LogP contribution in [0.15, 0.2) is 72.1 Å². The number of rotatable bonds is 5. The molecule has 1 heterocycles. The number of nitrogens with one attached hydrogen (secondary N) is 3. The quantitative estimate of drug-likeness (QED) is 0.324. The first-order valence-electron chi connectivity index (χ1n) is 10.6. The molecule has 0 atom stereocenters. The fourth-order valence-corrected chi connectivity index (χ4v) is 3.34. The van der Waals surface area contributed by atoms with Crippen molar-refractivity contribution in [2.45, 2.75) is 33.8 Å². The van der Waals surface area contributed by atoms with Gasteiger partial charge in [0.15, 0.2) is 0 Å². The number of aromatic amines is 1. The van der Waals surface area contributed by atoms with E-state index in [9.17, 15) is 0 Å². The zero-order chi connectivity index (χ0) is 24.4. The second-order valence-electron chi connectivity index (χ2n) is 7.71. The second-order valence-corrected chi connectivity index (χ2v) is 8.57. The largest absolute Gasteiger partial charge is 0.394 e. The van der Waals surface area contributed by atoms with Crippen molar-refractivity contribution in [2.75, 3.05) is 12.4 Å². The van der Waals surface area contributed by atoms with E-state index in [0.717, 1.165) is 38.4 Å². The summed E-state index contributed by atoms with van der Waals surface area (Å²) < 4.78 is 0.947. The van der Waals surface area contributed by atoms with Gasteiger partial charge in [0.1, 0.15) is 5.82 Å². The van der Waals surface area contributed by atoms with Crippen molar-refractivity contribution >= 4 is 33.1 Å². The first-order valence-corrected chi connectivity index (χ1v) is 11.4. The molecule has 6 nitrogen and oxygen atoms in total. The number of nitrogens with zero attached hydrogens (tertiary/aromatic N) is 2. The topological polar surface area (TPSA) is 85.9 Å². The molecule has 0 radical (unpaired) electrons. The maximum atomic E-state index is 8.06. The van der Waals surface area contributed by atoms with Gasteiger partial charge in [-0.25, -0.2) is 4.98 Å². The molecule has 0 amide bonds. The fraction of sp³-hybridized carbons (Fsp3) is 0.231. The van der Waals surface area contributed by atoms with Crippen LogP contribution in [-0.4, -0.2) is 33.2 Å². The number of aliphatic hydroxyl groups excluding tert-OH is 1. The first-order chi connectivity index (χ1) is 15.7. The van der Waals surface area contributed by atoms with Gasteiger partial charge in [0.2, 0.25) is 0 Å². The average molecular weight is 510 g/mol. The molecule has 1 aromatic heterocycles. The summed E-state index contributed by atoms with van der Waals surface area (Å²) in [6.07, 6.45) is 5.11. The lowest BCUT2D eigenvalue weighted by molar-refractivity contribution is 0.216. The Morgan fingerprint density at radius 1 is 1.06 bits per heavy atom. The molecule has 7 heteroatoms. The Hall–Kier alpha value is -3.16. The molecule has 0 aliphatic carbocycles. The van der Waals surface area contributed by atoms with Crippen LogP contribution < -0.4 is 10.6 Å². The van der Waals surface area contributed by atoms with Crippen molar-refractivity contribution in [1.29, 1.82) is 0 Å². The molecule has 0 unspecified atom stereocenters. The first kappa shape index (κ1) is 26.1. The predicted octanol–water partition coefficient (Wildman–Crippen LogP) is 6.30. The lowest BCUT2D eigenvalue weighted by atomic mass is 10.1. The van der Waals surface area contributed by atoms with Crippen LogP contribution in [0.2, 0.25) is 0 Å². The van der Waals surface area contributed by atoms with Gasteiger partial charge in [-0.3, -0.25) is 4.98 Å². The second kappa shape index (κ2) is 12.8. The molecular weight excluding hydrogens is 478 g/mol. The Labute approximate surface area is 204 Å². The average Bonchev–Trinajstić information content (AvgIpc) is 2.85. The lowest BCUT2D eigenvalue weighted by Gasteiger charge is -2.11. The molecule has 4 N–H and O–H groups in total. The zero-order valence-electron chi connectivity index (χ0n) is 19.8. The number of anilines is 2. The third kappa shape index (κ3) is 8.36. The molecule has 0 saturated heterocycles. The third-order valence-electron chi connectivity index (χ3n) is 4.47. The summed E-state index contributed by atoms with van der Waals surface area (Å²) >= 11 is 3.61. The molecule has 0 aliphatic heterocycles. The number of hydrogen-bond acceptors (Lipinski definition) is 5. The minimum Gasteiger partial charge on any atom is -0.394 e. The zero-order valence-corrected chi connectivity index (χ0v) is 21.4. The van der Waals surface area contributed by atoms with E-state index in [1.165, 1.54) is 5.56 Å². The van der Waals surface area contributed by atoms with E-state index in [1.54, 1.807) is 26.2 Å². The van der Waals surface area contributed by atoms with Gasteiger partial charge in [-0.05, 0) is 45.9 Å². The summed E-state index contributed by atoms with van der Waals surface area (Å²) in [5.41, 5.74) is 6.77. The summed E-state index contributed by atoms with van der Waals surface area (Å²) in [4.78, 5) is 12.3. The van der Waals surface area contributed by atoms with E-state index in [1.807, 2.05) is 38.4 Å². The van der Waals surface area contributed by atoms with Gasteiger partial charge in [-0.2, -0.15) is 0 Å². The van der Waals surface area contributed by atoms with Crippen LogP contribution in [0.5, 0.6) is 0 Å². The Morgan fingerprint density at radius 2 is 1.70 bits per heavy atom. The normalized spacial score (nSPS) is 10.1. The number of aliphatic hydroxyl groups is 1. The van der Waals surface area contributed by atoms with Crippen molar-refractivity contribution in [3.05, 3.63) is 88.9 Å². The van der Waals surface area contributed by atoms with E-state index in [-0.39, 0.29) is 6.10 Å². The van der Waals surface area contributed by atoms with E-state index >= 15 is 0 Å². The minimum atomic E-state index is -0.167. The number of H-pyrrole nitrogens is 1. The van der Waals surface area contributed by atoms with Crippen molar-refractivity contribution in [3.63, 3.8) is 0 Å². The molecule has 2 aromatic carbocycles. The van der Waals surface area contributed by atoms with Crippen LogP contribution >= 0.6 is 15.9 Å². The smallest absolute Gasteiger partial charge is 0.149 e. The van der Waals surface area contributed by atoms with Gasteiger partial charge >= 0.3 is 0 Å². The Kier molecular flexibility index (Phi) is 10.1. The maximum Gasteiger partial charge on any atom is 0.149 e. The third-order valence-corrected chi connectivity index (χ3v) is 5.13. The molecule has 0 saturated carbocycles.